The van der Waals surface area contributed by atoms with Gasteiger partial charge >= 0.3 is 12.1 Å². The summed E-state index contributed by atoms with van der Waals surface area (Å²) < 4.78 is 11.9. The van der Waals surface area contributed by atoms with Gasteiger partial charge in [-0.3, -0.25) is 9.48 Å². The predicted molar refractivity (Wildman–Crippen MR) is 126 cm³/mol. The van der Waals surface area contributed by atoms with Crippen molar-refractivity contribution in [2.24, 2.45) is 7.05 Å². The molecule has 1 aliphatic carbocycles. The molecular formula is C25H26N4O6. The van der Waals surface area contributed by atoms with Gasteiger partial charge in [-0.1, -0.05) is 48.5 Å². The minimum Gasteiger partial charge on any atom is -0.479 e. The van der Waals surface area contributed by atoms with Gasteiger partial charge in [-0.2, -0.15) is 5.10 Å². The van der Waals surface area contributed by atoms with E-state index in [1.54, 1.807) is 13.1 Å². The number of aromatic nitrogens is 2. The number of carboxylic acid groups (broad SMARTS) is 1. The van der Waals surface area contributed by atoms with Gasteiger partial charge in [-0.05, 0) is 28.3 Å². The minimum absolute atomic E-state index is 0.0876. The first-order valence-corrected chi connectivity index (χ1v) is 11.0. The monoisotopic (exact) mass is 478 g/mol. The van der Waals surface area contributed by atoms with E-state index in [0.29, 0.717) is 5.69 Å². The topological polar surface area (TPSA) is 132 Å². The second kappa shape index (κ2) is 10.4. The van der Waals surface area contributed by atoms with E-state index >= 15 is 0 Å². The first-order chi connectivity index (χ1) is 16.9. The van der Waals surface area contributed by atoms with E-state index in [9.17, 15) is 14.4 Å². The number of aliphatic carboxylic acids is 1. The summed E-state index contributed by atoms with van der Waals surface area (Å²) in [6.45, 7) is -0.185. The molecule has 3 aromatic rings. The highest BCUT2D eigenvalue weighted by Crippen LogP contribution is 2.44. The highest BCUT2D eigenvalue weighted by Gasteiger charge is 2.31. The molecule has 35 heavy (non-hydrogen) atoms. The summed E-state index contributed by atoms with van der Waals surface area (Å²) in [7, 11) is 2.86. The second-order valence-corrected chi connectivity index (χ2v) is 8.09. The number of nitrogens with one attached hydrogen (secondary N) is 2. The number of alkyl carbamates (subject to hydrolysis) is 1. The average Bonchev–Trinajstić information content (AvgIpc) is 3.42. The highest BCUT2D eigenvalue weighted by atomic mass is 16.5. The number of methoxy groups -OCH3 is 1. The van der Waals surface area contributed by atoms with Gasteiger partial charge in [-0.25, -0.2) is 9.59 Å². The van der Waals surface area contributed by atoms with Gasteiger partial charge in [0, 0.05) is 26.3 Å². The van der Waals surface area contributed by atoms with E-state index in [0.717, 1.165) is 22.3 Å². The number of benzene rings is 2. The molecule has 0 radical (unpaired) electrons. The molecule has 182 valence electrons. The number of ether oxygens (including phenoxy) is 2. The van der Waals surface area contributed by atoms with E-state index in [1.165, 1.54) is 18.0 Å². The molecule has 2 unspecified atom stereocenters. The Morgan fingerprint density at radius 3 is 2.23 bits per heavy atom. The molecule has 10 nitrogen and oxygen atoms in total. The number of amides is 2. The standard InChI is InChI=1S/C25H26N4O6/c1-29-20(11-12-27-29)22(23(30)26-13-21(34-2)24(31)32)28-25(33)35-14-19-17-9-5-3-7-15(17)16-8-4-6-10-18(16)19/h3-12,19,21-22H,13-14H2,1-2H3,(H,26,30)(H,28,33)(H,31,32). The van der Waals surface area contributed by atoms with Crippen LogP contribution in [0.3, 0.4) is 0 Å². The number of carbonyl (C=O) groups is 3. The minimum atomic E-state index is -1.22. The number of carbonyl (C=O) groups excluding carboxylic acids is 2. The molecule has 0 spiro atoms. The molecule has 2 amide bonds. The van der Waals surface area contributed by atoms with Crippen LogP contribution in [0.4, 0.5) is 4.79 Å². The van der Waals surface area contributed by atoms with Crippen molar-refractivity contribution in [1.29, 1.82) is 0 Å². The Kier molecular flexibility index (Phi) is 7.11. The molecule has 4 rings (SSSR count). The van der Waals surface area contributed by atoms with Crippen LogP contribution in [-0.2, 0) is 26.1 Å². The largest absolute Gasteiger partial charge is 0.479 e. The number of nitrogens with zero attached hydrogens (tertiary/aromatic N) is 2. The summed E-state index contributed by atoms with van der Waals surface area (Å²) in [4.78, 5) is 36.9. The quantitative estimate of drug-likeness (QED) is 0.430. The lowest BCUT2D eigenvalue weighted by Gasteiger charge is -2.21. The van der Waals surface area contributed by atoms with E-state index < -0.39 is 30.1 Å². The van der Waals surface area contributed by atoms with E-state index in [-0.39, 0.29) is 19.1 Å². The average molecular weight is 479 g/mol. The molecule has 2 atom stereocenters. The Morgan fingerprint density at radius 2 is 1.69 bits per heavy atom. The van der Waals surface area contributed by atoms with Crippen molar-refractivity contribution in [1.82, 2.24) is 20.4 Å². The predicted octanol–water partition coefficient (Wildman–Crippen LogP) is 2.22. The molecule has 3 N–H and O–H groups in total. The molecule has 0 bridgehead atoms. The van der Waals surface area contributed by atoms with Gasteiger partial charge in [0.05, 0.1) is 12.2 Å². The van der Waals surface area contributed by atoms with Crippen LogP contribution in [0.1, 0.15) is 28.8 Å². The fourth-order valence-electron chi connectivity index (χ4n) is 4.27. The van der Waals surface area contributed by atoms with Gasteiger partial charge < -0.3 is 25.2 Å². The third kappa shape index (κ3) is 5.02. The van der Waals surface area contributed by atoms with Crippen LogP contribution in [0.2, 0.25) is 0 Å². The number of hydrogen-bond donors (Lipinski definition) is 3. The molecule has 0 saturated heterocycles. The lowest BCUT2D eigenvalue weighted by molar-refractivity contribution is -0.148. The van der Waals surface area contributed by atoms with Crippen LogP contribution >= 0.6 is 0 Å². The number of rotatable bonds is 9. The first kappa shape index (κ1) is 24.0. The molecule has 10 heteroatoms. The third-order valence-corrected chi connectivity index (χ3v) is 6.04. The van der Waals surface area contributed by atoms with Crippen molar-refractivity contribution in [2.75, 3.05) is 20.3 Å². The molecule has 2 aromatic carbocycles. The molecule has 0 fully saturated rings. The third-order valence-electron chi connectivity index (χ3n) is 6.04. The smallest absolute Gasteiger partial charge is 0.408 e. The molecule has 0 aliphatic heterocycles. The number of hydrogen-bond acceptors (Lipinski definition) is 6. The van der Waals surface area contributed by atoms with Crippen molar-refractivity contribution in [3.05, 3.63) is 77.6 Å². The zero-order valence-electron chi connectivity index (χ0n) is 19.3. The lowest BCUT2D eigenvalue weighted by Crippen LogP contribution is -2.45. The van der Waals surface area contributed by atoms with Gasteiger partial charge in [0.25, 0.3) is 0 Å². The zero-order chi connectivity index (χ0) is 24.9. The van der Waals surface area contributed by atoms with Crippen LogP contribution in [0.5, 0.6) is 0 Å². The highest BCUT2D eigenvalue weighted by molar-refractivity contribution is 5.87. The maximum Gasteiger partial charge on any atom is 0.408 e. The summed E-state index contributed by atoms with van der Waals surface area (Å²) in [5.74, 6) is -1.96. The summed E-state index contributed by atoms with van der Waals surface area (Å²) in [6.07, 6.45) is -0.514. The molecule has 0 saturated carbocycles. The van der Waals surface area contributed by atoms with Crippen LogP contribution in [0, 0.1) is 0 Å². The maximum atomic E-state index is 12.9. The Hall–Kier alpha value is -4.18. The molecular weight excluding hydrogens is 452 g/mol. The van der Waals surface area contributed by atoms with Gasteiger partial charge in [0.1, 0.15) is 6.61 Å². The first-order valence-electron chi connectivity index (χ1n) is 11.0. The van der Waals surface area contributed by atoms with Crippen molar-refractivity contribution in [3.63, 3.8) is 0 Å². The van der Waals surface area contributed by atoms with E-state index in [4.69, 9.17) is 14.6 Å². The van der Waals surface area contributed by atoms with Crippen LogP contribution < -0.4 is 10.6 Å². The molecule has 1 heterocycles. The van der Waals surface area contributed by atoms with Crippen molar-refractivity contribution >= 4 is 18.0 Å². The van der Waals surface area contributed by atoms with Crippen LogP contribution in [0.15, 0.2) is 60.8 Å². The van der Waals surface area contributed by atoms with Gasteiger partial charge in [0.2, 0.25) is 5.91 Å². The summed E-state index contributed by atoms with van der Waals surface area (Å²) in [5.41, 5.74) is 4.76. The van der Waals surface area contributed by atoms with Crippen molar-refractivity contribution in [2.45, 2.75) is 18.1 Å². The van der Waals surface area contributed by atoms with E-state index in [2.05, 4.69) is 15.7 Å². The Labute approximate surface area is 201 Å². The maximum absolute atomic E-state index is 12.9. The van der Waals surface area contributed by atoms with Gasteiger partial charge in [-0.15, -0.1) is 0 Å². The zero-order valence-corrected chi connectivity index (χ0v) is 19.3. The number of carboxylic acids is 1. The van der Waals surface area contributed by atoms with Crippen LogP contribution in [-0.4, -0.2) is 59.2 Å². The molecule has 1 aromatic heterocycles. The lowest BCUT2D eigenvalue weighted by atomic mass is 9.98. The summed E-state index contributed by atoms with van der Waals surface area (Å²) in [5, 5.41) is 18.3. The number of fused-ring (bicyclic) bond motifs is 3. The van der Waals surface area contributed by atoms with E-state index in [1.807, 2.05) is 48.5 Å². The van der Waals surface area contributed by atoms with Crippen molar-refractivity contribution in [3.8, 4) is 11.1 Å². The second-order valence-electron chi connectivity index (χ2n) is 8.09. The summed E-state index contributed by atoms with van der Waals surface area (Å²) >= 11 is 0. The normalized spacial score (nSPS) is 13.9. The van der Waals surface area contributed by atoms with Gasteiger partial charge in [0.15, 0.2) is 12.1 Å². The SMILES string of the molecule is COC(CNC(=O)C(NC(=O)OCC1c2ccccc2-c2ccccc21)c1ccnn1C)C(=O)O. The Balaban J connectivity index is 1.46. The fourth-order valence-corrected chi connectivity index (χ4v) is 4.27. The Bertz CT molecular complexity index is 1190. The fraction of sp³-hybridized carbons (Fsp3) is 0.280. The Morgan fingerprint density at radius 1 is 1.06 bits per heavy atom. The van der Waals surface area contributed by atoms with Crippen molar-refractivity contribution < 1.29 is 29.0 Å². The van der Waals surface area contributed by atoms with Crippen LogP contribution in [0.25, 0.3) is 11.1 Å². The number of aryl methyl sites for hydroxylation is 1. The molecule has 1 aliphatic rings. The summed E-state index contributed by atoms with van der Waals surface area (Å²) in [6, 6.07) is 16.4.